The first-order valence-corrected chi connectivity index (χ1v) is 6.22. The van der Waals surface area contributed by atoms with Gasteiger partial charge in [-0.3, -0.25) is 0 Å². The second-order valence-corrected chi connectivity index (χ2v) is 4.84. The standard InChI is InChI=1S/C13H20ClNO2/c1-9(7-10(2)16)15-8-13(17)11-5-3-4-6-12(11)14/h3-6,9-10,13,15-17H,7-8H2,1-2H3. The van der Waals surface area contributed by atoms with Crippen LogP contribution in [0.4, 0.5) is 0 Å². The Balaban J connectivity index is 2.45. The summed E-state index contributed by atoms with van der Waals surface area (Å²) in [6, 6.07) is 7.42. The maximum atomic E-state index is 9.97. The molecule has 1 rings (SSSR count). The van der Waals surface area contributed by atoms with Crippen LogP contribution in [0.15, 0.2) is 24.3 Å². The number of nitrogens with one attached hydrogen (secondary N) is 1. The van der Waals surface area contributed by atoms with Crippen molar-refractivity contribution in [3.8, 4) is 0 Å². The molecule has 4 heteroatoms. The lowest BCUT2D eigenvalue weighted by molar-refractivity contribution is 0.149. The van der Waals surface area contributed by atoms with E-state index in [9.17, 15) is 10.2 Å². The number of benzene rings is 1. The molecule has 0 aliphatic heterocycles. The number of rotatable bonds is 6. The summed E-state index contributed by atoms with van der Waals surface area (Å²) in [6.07, 6.45) is -0.301. The van der Waals surface area contributed by atoms with Gasteiger partial charge in [-0.15, -0.1) is 0 Å². The first-order valence-electron chi connectivity index (χ1n) is 5.84. The fraction of sp³-hybridized carbons (Fsp3) is 0.538. The third-order valence-electron chi connectivity index (χ3n) is 2.62. The van der Waals surface area contributed by atoms with Crippen LogP contribution in [0.1, 0.15) is 31.9 Å². The van der Waals surface area contributed by atoms with Gasteiger partial charge in [-0.1, -0.05) is 29.8 Å². The molecule has 0 saturated carbocycles. The van der Waals surface area contributed by atoms with Gasteiger partial charge >= 0.3 is 0 Å². The van der Waals surface area contributed by atoms with Crippen molar-refractivity contribution in [1.82, 2.24) is 5.32 Å². The Morgan fingerprint density at radius 1 is 1.24 bits per heavy atom. The Labute approximate surface area is 107 Å². The monoisotopic (exact) mass is 257 g/mol. The van der Waals surface area contributed by atoms with Crippen LogP contribution in [0.2, 0.25) is 5.02 Å². The van der Waals surface area contributed by atoms with Gasteiger partial charge in [-0.2, -0.15) is 0 Å². The molecule has 0 radical (unpaired) electrons. The smallest absolute Gasteiger partial charge is 0.0928 e. The maximum Gasteiger partial charge on any atom is 0.0928 e. The highest BCUT2D eigenvalue weighted by molar-refractivity contribution is 6.31. The van der Waals surface area contributed by atoms with E-state index in [2.05, 4.69) is 5.32 Å². The van der Waals surface area contributed by atoms with E-state index in [1.807, 2.05) is 25.1 Å². The predicted octanol–water partition coefficient (Wildman–Crippen LogP) is 2.12. The molecule has 0 saturated heterocycles. The second-order valence-electron chi connectivity index (χ2n) is 4.43. The van der Waals surface area contributed by atoms with Gasteiger partial charge in [0, 0.05) is 23.2 Å². The summed E-state index contributed by atoms with van der Waals surface area (Å²) in [5.74, 6) is 0. The Kier molecular flexibility index (Phi) is 5.92. The van der Waals surface area contributed by atoms with Crippen LogP contribution in [-0.4, -0.2) is 28.9 Å². The molecule has 0 amide bonds. The van der Waals surface area contributed by atoms with Crippen molar-refractivity contribution in [2.45, 2.75) is 38.5 Å². The maximum absolute atomic E-state index is 9.97. The van der Waals surface area contributed by atoms with E-state index in [1.54, 1.807) is 13.0 Å². The molecule has 0 fully saturated rings. The molecule has 17 heavy (non-hydrogen) atoms. The van der Waals surface area contributed by atoms with Crippen molar-refractivity contribution in [1.29, 1.82) is 0 Å². The SMILES string of the molecule is CC(O)CC(C)NCC(O)c1ccccc1Cl. The normalized spacial score (nSPS) is 16.5. The lowest BCUT2D eigenvalue weighted by Crippen LogP contribution is -2.32. The molecule has 0 aliphatic carbocycles. The van der Waals surface area contributed by atoms with Gasteiger partial charge in [-0.25, -0.2) is 0 Å². The Hall–Kier alpha value is -0.610. The first kappa shape index (κ1) is 14.5. The fourth-order valence-electron chi connectivity index (χ4n) is 1.76. The van der Waals surface area contributed by atoms with Crippen molar-refractivity contribution >= 4 is 11.6 Å². The van der Waals surface area contributed by atoms with E-state index < -0.39 is 6.10 Å². The Morgan fingerprint density at radius 3 is 2.47 bits per heavy atom. The molecule has 0 heterocycles. The lowest BCUT2D eigenvalue weighted by atomic mass is 10.1. The van der Waals surface area contributed by atoms with E-state index >= 15 is 0 Å². The van der Waals surface area contributed by atoms with Gasteiger partial charge in [0.25, 0.3) is 0 Å². The zero-order valence-electron chi connectivity index (χ0n) is 10.2. The van der Waals surface area contributed by atoms with Crippen molar-refractivity contribution in [2.75, 3.05) is 6.54 Å². The second kappa shape index (κ2) is 6.97. The number of hydrogen-bond acceptors (Lipinski definition) is 3. The van der Waals surface area contributed by atoms with E-state index in [4.69, 9.17) is 11.6 Å². The number of aliphatic hydroxyl groups excluding tert-OH is 2. The summed E-state index contributed by atoms with van der Waals surface area (Å²) in [7, 11) is 0. The Bertz CT molecular complexity index is 344. The highest BCUT2D eigenvalue weighted by atomic mass is 35.5. The van der Waals surface area contributed by atoms with Crippen LogP contribution in [0.3, 0.4) is 0 Å². The summed E-state index contributed by atoms with van der Waals surface area (Å²) < 4.78 is 0. The zero-order chi connectivity index (χ0) is 12.8. The molecular formula is C13H20ClNO2. The minimum Gasteiger partial charge on any atom is -0.393 e. The third kappa shape index (κ3) is 5.04. The lowest BCUT2D eigenvalue weighted by Gasteiger charge is -2.19. The van der Waals surface area contributed by atoms with Gasteiger partial charge in [-0.05, 0) is 26.3 Å². The highest BCUT2D eigenvalue weighted by Gasteiger charge is 2.12. The fourth-order valence-corrected chi connectivity index (χ4v) is 2.02. The highest BCUT2D eigenvalue weighted by Crippen LogP contribution is 2.21. The van der Waals surface area contributed by atoms with Crippen molar-refractivity contribution < 1.29 is 10.2 Å². The van der Waals surface area contributed by atoms with Crippen LogP contribution < -0.4 is 5.32 Å². The molecule has 0 aliphatic rings. The molecule has 1 aromatic carbocycles. The molecule has 0 spiro atoms. The molecule has 1 aromatic rings. The van der Waals surface area contributed by atoms with E-state index in [1.165, 1.54) is 0 Å². The van der Waals surface area contributed by atoms with Crippen LogP contribution in [0.5, 0.6) is 0 Å². The molecule has 3 atom stereocenters. The molecule has 0 bridgehead atoms. The number of aliphatic hydroxyl groups is 2. The first-order chi connectivity index (χ1) is 8.00. The van der Waals surface area contributed by atoms with E-state index in [0.717, 1.165) is 5.56 Å². The molecule has 3 N–H and O–H groups in total. The van der Waals surface area contributed by atoms with Gasteiger partial charge < -0.3 is 15.5 Å². The van der Waals surface area contributed by atoms with Gasteiger partial charge in [0.05, 0.1) is 12.2 Å². The number of hydrogen-bond donors (Lipinski definition) is 3. The molecule has 3 nitrogen and oxygen atoms in total. The summed E-state index contributed by atoms with van der Waals surface area (Å²) >= 11 is 5.99. The summed E-state index contributed by atoms with van der Waals surface area (Å²) in [5, 5.41) is 22.9. The van der Waals surface area contributed by atoms with Crippen molar-refractivity contribution in [2.24, 2.45) is 0 Å². The molecule has 3 unspecified atom stereocenters. The van der Waals surface area contributed by atoms with E-state index in [-0.39, 0.29) is 12.1 Å². The Morgan fingerprint density at radius 2 is 1.88 bits per heavy atom. The van der Waals surface area contributed by atoms with Crippen LogP contribution in [-0.2, 0) is 0 Å². The molecule has 0 aromatic heterocycles. The largest absolute Gasteiger partial charge is 0.393 e. The topological polar surface area (TPSA) is 52.5 Å². The summed E-state index contributed by atoms with van der Waals surface area (Å²) in [6.45, 7) is 4.16. The van der Waals surface area contributed by atoms with Crippen molar-refractivity contribution in [3.05, 3.63) is 34.9 Å². The van der Waals surface area contributed by atoms with E-state index in [0.29, 0.717) is 18.0 Å². The average molecular weight is 258 g/mol. The molecule has 96 valence electrons. The quantitative estimate of drug-likeness (QED) is 0.732. The summed E-state index contributed by atoms with van der Waals surface area (Å²) in [4.78, 5) is 0. The zero-order valence-corrected chi connectivity index (χ0v) is 11.0. The third-order valence-corrected chi connectivity index (χ3v) is 2.96. The average Bonchev–Trinajstić information content (AvgIpc) is 2.25. The molecular weight excluding hydrogens is 238 g/mol. The minimum atomic E-state index is -0.625. The number of halogens is 1. The van der Waals surface area contributed by atoms with Crippen LogP contribution in [0.25, 0.3) is 0 Å². The van der Waals surface area contributed by atoms with Crippen LogP contribution in [0, 0.1) is 0 Å². The summed E-state index contributed by atoms with van der Waals surface area (Å²) in [5.41, 5.74) is 0.728. The van der Waals surface area contributed by atoms with Crippen LogP contribution >= 0.6 is 11.6 Å². The van der Waals surface area contributed by atoms with Gasteiger partial charge in [0.15, 0.2) is 0 Å². The van der Waals surface area contributed by atoms with Crippen molar-refractivity contribution in [3.63, 3.8) is 0 Å². The van der Waals surface area contributed by atoms with Gasteiger partial charge in [0.2, 0.25) is 0 Å². The minimum absolute atomic E-state index is 0.159. The van der Waals surface area contributed by atoms with Gasteiger partial charge in [0.1, 0.15) is 0 Å². The predicted molar refractivity (Wildman–Crippen MR) is 70.2 cm³/mol.